The molecule has 0 radical (unpaired) electrons. The number of Topliss-reactive ketones (excluding diaryl/α,β-unsaturated/α-hetero) is 1. The lowest BCUT2D eigenvalue weighted by Gasteiger charge is -2.06. The van der Waals surface area contributed by atoms with E-state index in [9.17, 15) is 4.79 Å². The number of anilines is 1. The number of halogens is 1. The number of nitrogens with one attached hydrogen (secondary N) is 1. The van der Waals surface area contributed by atoms with Gasteiger partial charge in [-0.1, -0.05) is 23.7 Å². The van der Waals surface area contributed by atoms with Crippen LogP contribution in [0.5, 0.6) is 0 Å². The molecule has 0 bridgehead atoms. The Hall–Kier alpha value is -1.28. The van der Waals surface area contributed by atoms with Crippen LogP contribution in [0.15, 0.2) is 30.0 Å². The van der Waals surface area contributed by atoms with Crippen molar-refractivity contribution in [1.82, 2.24) is 0 Å². The molecule has 2 nitrogen and oxygen atoms in total. The van der Waals surface area contributed by atoms with E-state index in [1.165, 1.54) is 0 Å². The second-order valence-corrected chi connectivity index (χ2v) is 4.41. The van der Waals surface area contributed by atoms with E-state index in [-0.39, 0.29) is 5.78 Å². The van der Waals surface area contributed by atoms with E-state index in [0.717, 1.165) is 29.7 Å². The number of benzene rings is 1. The molecule has 0 amide bonds. The van der Waals surface area contributed by atoms with Gasteiger partial charge in [0.25, 0.3) is 0 Å². The van der Waals surface area contributed by atoms with Crippen molar-refractivity contribution in [2.24, 2.45) is 0 Å². The molecule has 1 aliphatic carbocycles. The highest BCUT2D eigenvalue weighted by Gasteiger charge is 2.16. The van der Waals surface area contributed by atoms with Crippen LogP contribution in [0.3, 0.4) is 0 Å². The molecule has 0 atom stereocenters. The lowest BCUT2D eigenvalue weighted by molar-refractivity contribution is -0.114. The molecule has 16 heavy (non-hydrogen) atoms. The van der Waals surface area contributed by atoms with Gasteiger partial charge in [-0.15, -0.1) is 0 Å². The molecule has 1 aromatic carbocycles. The van der Waals surface area contributed by atoms with E-state index in [1.54, 1.807) is 6.20 Å². The number of allylic oxidation sites excluding steroid dienone is 1. The fourth-order valence-corrected chi connectivity index (χ4v) is 2.00. The Balaban J connectivity index is 2.16. The highest BCUT2D eigenvalue weighted by molar-refractivity contribution is 6.34. The van der Waals surface area contributed by atoms with Crippen LogP contribution in [0.1, 0.15) is 24.8 Å². The van der Waals surface area contributed by atoms with Gasteiger partial charge in [-0.3, -0.25) is 4.79 Å². The molecule has 84 valence electrons. The van der Waals surface area contributed by atoms with Crippen molar-refractivity contribution in [3.05, 3.63) is 40.6 Å². The van der Waals surface area contributed by atoms with Gasteiger partial charge in [0.15, 0.2) is 5.78 Å². The van der Waals surface area contributed by atoms with Crippen molar-refractivity contribution in [2.45, 2.75) is 26.2 Å². The Morgan fingerprint density at radius 2 is 2.19 bits per heavy atom. The lowest BCUT2D eigenvalue weighted by Crippen LogP contribution is -1.97. The maximum atomic E-state index is 11.4. The topological polar surface area (TPSA) is 29.1 Å². The number of ketones is 1. The first-order valence-electron chi connectivity index (χ1n) is 5.42. The zero-order chi connectivity index (χ0) is 11.5. The van der Waals surface area contributed by atoms with Gasteiger partial charge in [-0.25, -0.2) is 0 Å². The normalized spacial score (nSPS) is 18.1. The molecule has 1 aromatic rings. The monoisotopic (exact) mass is 235 g/mol. The third-order valence-corrected chi connectivity index (χ3v) is 3.30. The fraction of sp³-hybridized carbons (Fsp3) is 0.308. The average Bonchev–Trinajstić information content (AvgIpc) is 2.67. The summed E-state index contributed by atoms with van der Waals surface area (Å²) >= 11 is 6.14. The van der Waals surface area contributed by atoms with Crippen LogP contribution in [0.4, 0.5) is 5.69 Å². The van der Waals surface area contributed by atoms with Crippen LogP contribution in [0.2, 0.25) is 5.02 Å². The van der Waals surface area contributed by atoms with Crippen LogP contribution in [0, 0.1) is 6.92 Å². The summed E-state index contributed by atoms with van der Waals surface area (Å²) in [7, 11) is 0. The molecule has 0 heterocycles. The van der Waals surface area contributed by atoms with Gasteiger partial charge < -0.3 is 5.32 Å². The molecule has 0 aromatic heterocycles. The largest absolute Gasteiger partial charge is 0.360 e. The number of carbonyl (C=O) groups excluding carboxylic acids is 1. The van der Waals surface area contributed by atoms with Gasteiger partial charge in [0, 0.05) is 18.2 Å². The van der Waals surface area contributed by atoms with Crippen molar-refractivity contribution in [3.63, 3.8) is 0 Å². The maximum Gasteiger partial charge on any atom is 0.160 e. The lowest BCUT2D eigenvalue weighted by atomic mass is 10.2. The van der Waals surface area contributed by atoms with Crippen molar-refractivity contribution in [2.75, 3.05) is 5.32 Å². The number of rotatable bonds is 2. The maximum absolute atomic E-state index is 11.4. The summed E-state index contributed by atoms with van der Waals surface area (Å²) in [4.78, 5) is 11.4. The van der Waals surface area contributed by atoms with Gasteiger partial charge in [0.05, 0.1) is 10.7 Å². The SMILES string of the molecule is Cc1cccc(N/C=C2/CCCC2=O)c1Cl. The van der Waals surface area contributed by atoms with Gasteiger partial charge in [-0.05, 0) is 31.4 Å². The molecule has 2 rings (SSSR count). The molecule has 1 saturated carbocycles. The summed E-state index contributed by atoms with van der Waals surface area (Å²) in [5.74, 6) is 0.247. The van der Waals surface area contributed by atoms with Gasteiger partial charge in [-0.2, -0.15) is 0 Å². The Kier molecular flexibility index (Phi) is 3.30. The average molecular weight is 236 g/mol. The summed E-state index contributed by atoms with van der Waals surface area (Å²) in [5.41, 5.74) is 2.76. The number of carbonyl (C=O) groups is 1. The molecule has 1 fully saturated rings. The molecule has 0 spiro atoms. The quantitative estimate of drug-likeness (QED) is 0.792. The van der Waals surface area contributed by atoms with Crippen molar-refractivity contribution < 1.29 is 4.79 Å². The zero-order valence-electron chi connectivity index (χ0n) is 9.22. The molecule has 1 N–H and O–H groups in total. The number of aryl methyl sites for hydroxylation is 1. The number of hydrogen-bond acceptors (Lipinski definition) is 2. The molecule has 0 aliphatic heterocycles. The molecule has 1 aliphatic rings. The summed E-state index contributed by atoms with van der Waals surface area (Å²) < 4.78 is 0. The molecule has 3 heteroatoms. The molecule has 0 saturated heterocycles. The molecule has 0 unspecified atom stereocenters. The summed E-state index contributed by atoms with van der Waals surface area (Å²) in [6.07, 6.45) is 4.30. The summed E-state index contributed by atoms with van der Waals surface area (Å²) in [5, 5.41) is 3.82. The summed E-state index contributed by atoms with van der Waals surface area (Å²) in [6, 6.07) is 5.81. The van der Waals surface area contributed by atoms with Crippen molar-refractivity contribution in [1.29, 1.82) is 0 Å². The first kappa shape index (κ1) is 11.2. The van der Waals surface area contributed by atoms with E-state index in [4.69, 9.17) is 11.6 Å². The third-order valence-electron chi connectivity index (χ3n) is 2.80. The zero-order valence-corrected chi connectivity index (χ0v) is 9.97. The first-order valence-corrected chi connectivity index (χ1v) is 5.80. The van der Waals surface area contributed by atoms with Gasteiger partial charge >= 0.3 is 0 Å². The van der Waals surface area contributed by atoms with Crippen molar-refractivity contribution >= 4 is 23.1 Å². The van der Waals surface area contributed by atoms with E-state index in [0.29, 0.717) is 11.4 Å². The first-order chi connectivity index (χ1) is 7.68. The molecular weight excluding hydrogens is 222 g/mol. The second kappa shape index (κ2) is 4.71. The van der Waals surface area contributed by atoms with Gasteiger partial charge in [0.1, 0.15) is 0 Å². The summed E-state index contributed by atoms with van der Waals surface area (Å²) in [6.45, 7) is 1.96. The van der Waals surface area contributed by atoms with Crippen LogP contribution >= 0.6 is 11.6 Å². The van der Waals surface area contributed by atoms with Crippen LogP contribution in [-0.2, 0) is 4.79 Å². The Morgan fingerprint density at radius 3 is 2.88 bits per heavy atom. The number of hydrogen-bond donors (Lipinski definition) is 1. The molecular formula is C13H14ClNO. The minimum absolute atomic E-state index is 0.247. The van der Waals surface area contributed by atoms with E-state index < -0.39 is 0 Å². The Labute approximate surface area is 100 Å². The third kappa shape index (κ3) is 2.27. The van der Waals surface area contributed by atoms with Gasteiger partial charge in [0.2, 0.25) is 0 Å². The predicted molar refractivity (Wildman–Crippen MR) is 66.8 cm³/mol. The Bertz CT molecular complexity index is 451. The highest BCUT2D eigenvalue weighted by Crippen LogP contribution is 2.26. The Morgan fingerprint density at radius 1 is 1.38 bits per heavy atom. The van der Waals surface area contributed by atoms with E-state index >= 15 is 0 Å². The predicted octanol–water partition coefficient (Wildman–Crippen LogP) is 3.70. The van der Waals surface area contributed by atoms with Crippen LogP contribution in [-0.4, -0.2) is 5.78 Å². The smallest absolute Gasteiger partial charge is 0.160 e. The van der Waals surface area contributed by atoms with Crippen LogP contribution < -0.4 is 5.32 Å². The highest BCUT2D eigenvalue weighted by atomic mass is 35.5. The van der Waals surface area contributed by atoms with E-state index in [2.05, 4.69) is 5.32 Å². The van der Waals surface area contributed by atoms with Crippen molar-refractivity contribution in [3.8, 4) is 0 Å². The van der Waals surface area contributed by atoms with Crippen LogP contribution in [0.25, 0.3) is 0 Å². The van der Waals surface area contributed by atoms with E-state index in [1.807, 2.05) is 25.1 Å². The fourth-order valence-electron chi connectivity index (χ4n) is 1.82. The minimum atomic E-state index is 0.247. The second-order valence-electron chi connectivity index (χ2n) is 4.03. The minimum Gasteiger partial charge on any atom is -0.360 e. The standard InChI is InChI=1S/C13H14ClNO/c1-9-4-2-6-11(13(9)14)15-8-10-5-3-7-12(10)16/h2,4,6,8,15H,3,5,7H2,1H3/b10-8-.